The first kappa shape index (κ1) is 19.5. The van der Waals surface area contributed by atoms with Gasteiger partial charge in [-0.05, 0) is 51.1 Å². The fourth-order valence-electron chi connectivity index (χ4n) is 2.38. The quantitative estimate of drug-likeness (QED) is 0.523. The van der Waals surface area contributed by atoms with Gasteiger partial charge in [-0.25, -0.2) is 23.3 Å². The van der Waals surface area contributed by atoms with E-state index in [1.54, 1.807) is 26.8 Å². The van der Waals surface area contributed by atoms with Crippen molar-refractivity contribution in [3.63, 3.8) is 0 Å². The number of carbonyl (C=O) groups is 1. The van der Waals surface area contributed by atoms with Crippen molar-refractivity contribution >= 4 is 33.2 Å². The first-order valence-corrected chi connectivity index (χ1v) is 9.32. The smallest absolute Gasteiger partial charge is 0.338 e. The molecule has 2 aromatic rings. The summed E-state index contributed by atoms with van der Waals surface area (Å²) in [5.41, 5.74) is 1.82. The van der Waals surface area contributed by atoms with Crippen LogP contribution in [0.5, 0.6) is 0 Å². The lowest BCUT2D eigenvalue weighted by atomic mass is 10.0. The molecule has 0 aliphatic rings. The van der Waals surface area contributed by atoms with Crippen LogP contribution in [0.2, 0.25) is 0 Å². The Balaban J connectivity index is 2.48. The Morgan fingerprint density at radius 1 is 1.31 bits per heavy atom. The van der Waals surface area contributed by atoms with E-state index in [4.69, 9.17) is 15.3 Å². The molecule has 0 saturated carbocycles. The van der Waals surface area contributed by atoms with Gasteiger partial charge < -0.3 is 15.5 Å². The normalized spacial score (nSPS) is 11.1. The molecule has 0 atom stereocenters. The molecule has 9 heteroatoms. The van der Waals surface area contributed by atoms with E-state index in [0.29, 0.717) is 22.8 Å². The van der Waals surface area contributed by atoms with Gasteiger partial charge in [-0.15, -0.1) is 0 Å². The molecular weight excluding hydrogens is 356 g/mol. The molecule has 0 saturated heterocycles. The van der Waals surface area contributed by atoms with Gasteiger partial charge in [-0.3, -0.25) is 0 Å². The van der Waals surface area contributed by atoms with Gasteiger partial charge >= 0.3 is 5.97 Å². The largest absolute Gasteiger partial charge is 0.462 e. The van der Waals surface area contributed by atoms with Crippen molar-refractivity contribution in [2.75, 3.05) is 11.9 Å². The molecule has 26 heavy (non-hydrogen) atoms. The minimum atomic E-state index is -3.78. The zero-order valence-corrected chi connectivity index (χ0v) is 15.5. The predicted octanol–water partition coefficient (Wildman–Crippen LogP) is 2.35. The van der Waals surface area contributed by atoms with Crippen molar-refractivity contribution in [1.82, 2.24) is 4.98 Å². The number of primary sulfonamides is 1. The molecule has 4 N–H and O–H groups in total. The Bertz CT molecular complexity index is 953. The summed E-state index contributed by atoms with van der Waals surface area (Å²) in [5.74, 6) is -0.226. The number of esters is 1. The molecule has 0 bridgehead atoms. The third kappa shape index (κ3) is 4.44. The maximum absolute atomic E-state index is 12.2. The number of nitrogens with zero attached hydrogens (tertiary/aromatic N) is 1. The van der Waals surface area contributed by atoms with Crippen molar-refractivity contribution in [2.24, 2.45) is 5.14 Å². The summed E-state index contributed by atoms with van der Waals surface area (Å²) >= 11 is 0. The molecule has 2 rings (SSSR count). The molecule has 1 heterocycles. The van der Waals surface area contributed by atoms with Gasteiger partial charge in [-0.2, -0.15) is 0 Å². The summed E-state index contributed by atoms with van der Waals surface area (Å²) in [4.78, 5) is 16.6. The minimum Gasteiger partial charge on any atom is -0.462 e. The number of nitrogens with two attached hydrogens (primary N) is 1. The lowest BCUT2D eigenvalue weighted by molar-refractivity contribution is 0.0526. The number of ether oxygens (including phenoxy) is 1. The summed E-state index contributed by atoms with van der Waals surface area (Å²) in [6, 6.07) is 7.33. The average molecular weight is 376 g/mol. The molecule has 0 fully saturated rings. The van der Waals surface area contributed by atoms with Gasteiger partial charge in [0.25, 0.3) is 0 Å². The summed E-state index contributed by atoms with van der Waals surface area (Å²) in [6.45, 7) is 5.19. The van der Waals surface area contributed by atoms with E-state index in [9.17, 15) is 13.2 Å². The number of hydrogen-bond donors (Lipinski definition) is 3. The van der Waals surface area contributed by atoms with Crippen molar-refractivity contribution in [3.8, 4) is 0 Å². The SMILES string of the molecule is CCOC(=O)c1cc(C)nc(Nc2ccc(S(N)(=O)=O)cc2)c1C(C)=N. The van der Waals surface area contributed by atoms with Gasteiger partial charge in [0.05, 0.1) is 22.6 Å². The Morgan fingerprint density at radius 3 is 2.42 bits per heavy atom. The highest BCUT2D eigenvalue weighted by Crippen LogP contribution is 2.25. The molecule has 1 aromatic carbocycles. The molecule has 138 valence electrons. The maximum Gasteiger partial charge on any atom is 0.338 e. The highest BCUT2D eigenvalue weighted by Gasteiger charge is 2.20. The second kappa shape index (κ2) is 7.63. The van der Waals surface area contributed by atoms with Crippen LogP contribution in [-0.4, -0.2) is 31.7 Å². The molecule has 1 aromatic heterocycles. The lowest BCUT2D eigenvalue weighted by Gasteiger charge is -2.15. The molecule has 0 amide bonds. The number of nitrogens with one attached hydrogen (secondary N) is 2. The van der Waals surface area contributed by atoms with Crippen LogP contribution in [0.25, 0.3) is 0 Å². The van der Waals surface area contributed by atoms with Gasteiger partial charge in [0.2, 0.25) is 10.0 Å². The Hall–Kier alpha value is -2.78. The van der Waals surface area contributed by atoms with E-state index in [2.05, 4.69) is 10.3 Å². The van der Waals surface area contributed by atoms with Crippen molar-refractivity contribution in [2.45, 2.75) is 25.7 Å². The highest BCUT2D eigenvalue weighted by molar-refractivity contribution is 7.89. The van der Waals surface area contributed by atoms with E-state index in [0.717, 1.165) is 0 Å². The molecule has 0 radical (unpaired) electrons. The molecular formula is C17H20N4O4S. The average Bonchev–Trinajstić information content (AvgIpc) is 2.53. The van der Waals surface area contributed by atoms with E-state index < -0.39 is 16.0 Å². The number of sulfonamides is 1. The van der Waals surface area contributed by atoms with Crippen molar-refractivity contribution < 1.29 is 17.9 Å². The zero-order valence-electron chi connectivity index (χ0n) is 14.7. The second-order valence-electron chi connectivity index (χ2n) is 5.57. The van der Waals surface area contributed by atoms with Crippen LogP contribution in [0.1, 0.15) is 35.5 Å². The number of anilines is 2. The Kier molecular flexibility index (Phi) is 5.73. The number of aromatic nitrogens is 1. The summed E-state index contributed by atoms with van der Waals surface area (Å²) in [7, 11) is -3.78. The van der Waals surface area contributed by atoms with Crippen LogP contribution >= 0.6 is 0 Å². The predicted molar refractivity (Wildman–Crippen MR) is 98.5 cm³/mol. The minimum absolute atomic E-state index is 0.0177. The van der Waals surface area contributed by atoms with Crippen molar-refractivity contribution in [1.29, 1.82) is 5.41 Å². The highest BCUT2D eigenvalue weighted by atomic mass is 32.2. The fraction of sp³-hybridized carbons (Fsp3) is 0.235. The van der Waals surface area contributed by atoms with Crippen LogP contribution < -0.4 is 10.5 Å². The number of hydrogen-bond acceptors (Lipinski definition) is 7. The summed E-state index contributed by atoms with van der Waals surface area (Å²) < 4.78 is 27.7. The molecule has 0 spiro atoms. The first-order valence-electron chi connectivity index (χ1n) is 7.77. The number of carbonyl (C=O) groups excluding carboxylic acids is 1. The number of benzene rings is 1. The molecule has 0 aliphatic carbocycles. The Morgan fingerprint density at radius 2 is 1.92 bits per heavy atom. The van der Waals surface area contributed by atoms with Gasteiger partial charge in [0, 0.05) is 17.1 Å². The summed E-state index contributed by atoms with van der Waals surface area (Å²) in [6.07, 6.45) is 0. The van der Waals surface area contributed by atoms with Crippen LogP contribution in [0.4, 0.5) is 11.5 Å². The number of rotatable bonds is 6. The molecule has 8 nitrogen and oxygen atoms in total. The maximum atomic E-state index is 12.2. The standard InChI is InChI=1S/C17H20N4O4S/c1-4-25-17(22)14-9-10(2)20-16(15(14)11(3)18)21-12-5-7-13(8-6-12)26(19,23)24/h5-9,18H,4H2,1-3H3,(H,20,21)(H2,19,23,24). The van der Waals surface area contributed by atoms with Crippen LogP contribution in [0, 0.1) is 12.3 Å². The zero-order chi connectivity index (χ0) is 19.5. The van der Waals surface area contributed by atoms with Crippen LogP contribution in [-0.2, 0) is 14.8 Å². The fourth-order valence-corrected chi connectivity index (χ4v) is 2.89. The number of aryl methyl sites for hydroxylation is 1. The van der Waals surface area contributed by atoms with E-state index in [-0.39, 0.29) is 22.8 Å². The third-order valence-electron chi connectivity index (χ3n) is 3.46. The monoisotopic (exact) mass is 376 g/mol. The third-order valence-corrected chi connectivity index (χ3v) is 4.39. The molecule has 0 unspecified atom stereocenters. The Labute approximate surface area is 152 Å². The van der Waals surface area contributed by atoms with E-state index >= 15 is 0 Å². The topological polar surface area (TPSA) is 135 Å². The lowest BCUT2D eigenvalue weighted by Crippen LogP contribution is -2.15. The van der Waals surface area contributed by atoms with Crippen LogP contribution in [0.3, 0.4) is 0 Å². The first-order chi connectivity index (χ1) is 12.1. The second-order valence-corrected chi connectivity index (χ2v) is 7.14. The molecule has 0 aliphatic heterocycles. The van der Waals surface area contributed by atoms with E-state index in [1.807, 2.05) is 0 Å². The van der Waals surface area contributed by atoms with Gasteiger partial charge in [0.1, 0.15) is 5.82 Å². The van der Waals surface area contributed by atoms with Gasteiger partial charge in [0.15, 0.2) is 0 Å². The van der Waals surface area contributed by atoms with Gasteiger partial charge in [-0.1, -0.05) is 0 Å². The van der Waals surface area contributed by atoms with E-state index in [1.165, 1.54) is 24.3 Å². The van der Waals surface area contributed by atoms with Crippen LogP contribution in [0.15, 0.2) is 35.2 Å². The van der Waals surface area contributed by atoms with Crippen molar-refractivity contribution in [3.05, 3.63) is 47.2 Å². The number of pyridine rings is 1. The summed E-state index contributed by atoms with van der Waals surface area (Å²) in [5, 5.41) is 16.1.